The van der Waals surface area contributed by atoms with Gasteiger partial charge in [-0.15, -0.1) is 17.9 Å². The van der Waals surface area contributed by atoms with Crippen LogP contribution in [0.1, 0.15) is 11.4 Å². The van der Waals surface area contributed by atoms with Gasteiger partial charge in [0.1, 0.15) is 5.01 Å². The zero-order valence-corrected chi connectivity index (χ0v) is 12.4. The van der Waals surface area contributed by atoms with Crippen LogP contribution in [0.2, 0.25) is 0 Å². The minimum atomic E-state index is 0.727. The molecule has 1 heterocycles. The van der Waals surface area contributed by atoms with Crippen LogP contribution < -0.4 is 5.32 Å². The van der Waals surface area contributed by atoms with Gasteiger partial charge in [0.05, 0.1) is 18.9 Å². The number of ether oxygens (including phenoxy) is 1. The summed E-state index contributed by atoms with van der Waals surface area (Å²) in [6.45, 7) is 6.78. The van der Waals surface area contributed by atoms with Gasteiger partial charge in [-0.2, -0.15) is 0 Å². The third-order valence-corrected chi connectivity index (χ3v) is 3.64. The molecule has 3 nitrogen and oxygen atoms in total. The van der Waals surface area contributed by atoms with Gasteiger partial charge in [0.2, 0.25) is 0 Å². The minimum absolute atomic E-state index is 0.727. The molecule has 4 heteroatoms. The zero-order chi connectivity index (χ0) is 14.0. The molecule has 0 aliphatic heterocycles. The van der Waals surface area contributed by atoms with Crippen molar-refractivity contribution >= 4 is 11.3 Å². The minimum Gasteiger partial charge on any atom is -0.380 e. The summed E-state index contributed by atoms with van der Waals surface area (Å²) < 4.78 is 5.44. The lowest BCUT2D eigenvalue weighted by Gasteiger charge is -2.03. The summed E-state index contributed by atoms with van der Waals surface area (Å²) in [5, 5.41) is 6.55. The highest BCUT2D eigenvalue weighted by Crippen LogP contribution is 2.21. The quantitative estimate of drug-likeness (QED) is 0.566. The highest BCUT2D eigenvalue weighted by atomic mass is 32.1. The molecule has 0 saturated heterocycles. The second kappa shape index (κ2) is 8.64. The largest absolute Gasteiger partial charge is 0.380 e. The Hall–Kier alpha value is -1.49. The van der Waals surface area contributed by atoms with Crippen LogP contribution in [0.4, 0.5) is 0 Å². The normalized spacial score (nSPS) is 10.6. The van der Waals surface area contributed by atoms with Gasteiger partial charge in [-0.05, 0) is 6.42 Å². The van der Waals surface area contributed by atoms with Crippen LogP contribution in [0, 0.1) is 0 Å². The van der Waals surface area contributed by atoms with Crippen molar-refractivity contribution in [1.82, 2.24) is 10.3 Å². The van der Waals surface area contributed by atoms with E-state index in [1.54, 1.807) is 11.3 Å². The van der Waals surface area contributed by atoms with E-state index in [4.69, 9.17) is 4.74 Å². The number of hydrogen-bond acceptors (Lipinski definition) is 4. The fraction of sp³-hybridized carbons (Fsp3) is 0.312. The van der Waals surface area contributed by atoms with E-state index in [-0.39, 0.29) is 0 Å². The van der Waals surface area contributed by atoms with Crippen LogP contribution in [0.5, 0.6) is 0 Å². The van der Waals surface area contributed by atoms with E-state index in [2.05, 4.69) is 34.4 Å². The molecule has 0 aliphatic carbocycles. The number of nitrogens with zero attached hydrogens (tertiary/aromatic N) is 1. The third kappa shape index (κ3) is 4.89. The van der Waals surface area contributed by atoms with Crippen molar-refractivity contribution in [1.29, 1.82) is 0 Å². The number of nitrogens with one attached hydrogen (secondary N) is 1. The highest BCUT2D eigenvalue weighted by Gasteiger charge is 2.03. The number of aromatic nitrogens is 1. The Balaban J connectivity index is 1.70. The maximum absolute atomic E-state index is 5.44. The van der Waals surface area contributed by atoms with E-state index in [1.807, 2.05) is 24.3 Å². The SMILES string of the molecule is C=CCCOCCNCc1nc(-c2ccccc2)cs1. The summed E-state index contributed by atoms with van der Waals surface area (Å²) >= 11 is 1.69. The molecule has 106 valence electrons. The Bertz CT molecular complexity index is 510. The molecule has 1 aromatic carbocycles. The summed E-state index contributed by atoms with van der Waals surface area (Å²) in [7, 11) is 0. The van der Waals surface area contributed by atoms with Crippen molar-refractivity contribution in [2.75, 3.05) is 19.8 Å². The Kier molecular flexibility index (Phi) is 6.44. The molecular weight excluding hydrogens is 268 g/mol. The average molecular weight is 288 g/mol. The molecule has 1 aromatic heterocycles. The first-order valence-corrected chi connectivity index (χ1v) is 7.67. The molecule has 0 aliphatic rings. The first kappa shape index (κ1) is 14.9. The van der Waals surface area contributed by atoms with Gasteiger partial charge in [-0.3, -0.25) is 0 Å². The van der Waals surface area contributed by atoms with Crippen molar-refractivity contribution in [2.24, 2.45) is 0 Å². The molecule has 0 radical (unpaired) electrons. The van der Waals surface area contributed by atoms with Gasteiger partial charge in [-0.1, -0.05) is 36.4 Å². The summed E-state index contributed by atoms with van der Waals surface area (Å²) in [5.41, 5.74) is 2.22. The van der Waals surface area contributed by atoms with Crippen molar-refractivity contribution < 1.29 is 4.74 Å². The molecular formula is C16H20N2OS. The van der Waals surface area contributed by atoms with Crippen molar-refractivity contribution in [3.8, 4) is 11.3 Å². The standard InChI is InChI=1S/C16H20N2OS/c1-2-3-10-19-11-9-17-12-16-18-15(13-20-16)14-7-5-4-6-8-14/h2,4-8,13,17H,1,3,9-12H2. The maximum atomic E-state index is 5.44. The fourth-order valence-electron chi connectivity index (χ4n) is 1.74. The number of hydrogen-bond donors (Lipinski definition) is 1. The topological polar surface area (TPSA) is 34.1 Å². The molecule has 2 aromatic rings. The van der Waals surface area contributed by atoms with Gasteiger partial charge >= 0.3 is 0 Å². The molecule has 2 rings (SSSR count). The van der Waals surface area contributed by atoms with Gasteiger partial charge in [0.25, 0.3) is 0 Å². The molecule has 0 atom stereocenters. The molecule has 0 saturated carbocycles. The van der Waals surface area contributed by atoms with Crippen LogP contribution in [0.15, 0.2) is 48.4 Å². The summed E-state index contributed by atoms with van der Waals surface area (Å²) in [4.78, 5) is 4.63. The average Bonchev–Trinajstić information content (AvgIpc) is 2.96. The number of rotatable bonds is 9. The van der Waals surface area contributed by atoms with Gasteiger partial charge in [-0.25, -0.2) is 4.98 Å². The van der Waals surface area contributed by atoms with E-state index >= 15 is 0 Å². The zero-order valence-electron chi connectivity index (χ0n) is 11.5. The Morgan fingerprint density at radius 3 is 2.90 bits per heavy atom. The smallest absolute Gasteiger partial charge is 0.107 e. The van der Waals surface area contributed by atoms with Gasteiger partial charge in [0.15, 0.2) is 0 Å². The van der Waals surface area contributed by atoms with E-state index < -0.39 is 0 Å². The summed E-state index contributed by atoms with van der Waals surface area (Å²) in [6, 6.07) is 10.3. The number of thiazole rings is 1. The van der Waals surface area contributed by atoms with E-state index in [0.717, 1.165) is 43.4 Å². The summed E-state index contributed by atoms with van der Waals surface area (Å²) in [5.74, 6) is 0. The molecule has 0 amide bonds. The lowest BCUT2D eigenvalue weighted by Crippen LogP contribution is -2.19. The second-order valence-electron chi connectivity index (χ2n) is 4.36. The molecule has 0 fully saturated rings. The molecule has 0 bridgehead atoms. The number of benzene rings is 1. The lowest BCUT2D eigenvalue weighted by molar-refractivity contribution is 0.140. The molecule has 0 unspecified atom stereocenters. The van der Waals surface area contributed by atoms with E-state index in [0.29, 0.717) is 0 Å². The highest BCUT2D eigenvalue weighted by molar-refractivity contribution is 7.09. The fourth-order valence-corrected chi connectivity index (χ4v) is 2.51. The lowest BCUT2D eigenvalue weighted by atomic mass is 10.2. The van der Waals surface area contributed by atoms with Gasteiger partial charge < -0.3 is 10.1 Å². The van der Waals surface area contributed by atoms with Crippen LogP contribution in [-0.4, -0.2) is 24.7 Å². The van der Waals surface area contributed by atoms with E-state index in [9.17, 15) is 0 Å². The monoisotopic (exact) mass is 288 g/mol. The second-order valence-corrected chi connectivity index (χ2v) is 5.30. The van der Waals surface area contributed by atoms with E-state index in [1.165, 1.54) is 5.56 Å². The Morgan fingerprint density at radius 2 is 2.10 bits per heavy atom. The molecule has 1 N–H and O–H groups in total. The maximum Gasteiger partial charge on any atom is 0.107 e. The van der Waals surface area contributed by atoms with Crippen LogP contribution in [0.3, 0.4) is 0 Å². The summed E-state index contributed by atoms with van der Waals surface area (Å²) in [6.07, 6.45) is 2.78. The Labute approximate surface area is 124 Å². The molecule has 20 heavy (non-hydrogen) atoms. The Morgan fingerprint density at radius 1 is 1.25 bits per heavy atom. The van der Waals surface area contributed by atoms with Crippen LogP contribution in [0.25, 0.3) is 11.3 Å². The van der Waals surface area contributed by atoms with Crippen LogP contribution in [-0.2, 0) is 11.3 Å². The first-order valence-electron chi connectivity index (χ1n) is 6.79. The predicted molar refractivity (Wildman–Crippen MR) is 84.9 cm³/mol. The third-order valence-electron chi connectivity index (χ3n) is 2.79. The first-order chi connectivity index (χ1) is 9.90. The van der Waals surface area contributed by atoms with Crippen LogP contribution >= 0.6 is 11.3 Å². The van der Waals surface area contributed by atoms with Crippen molar-refractivity contribution in [2.45, 2.75) is 13.0 Å². The van der Waals surface area contributed by atoms with Crippen molar-refractivity contribution in [3.63, 3.8) is 0 Å². The molecule has 0 spiro atoms. The van der Waals surface area contributed by atoms with Gasteiger partial charge in [0, 0.05) is 24.0 Å². The predicted octanol–water partition coefficient (Wildman–Crippen LogP) is 3.49. The van der Waals surface area contributed by atoms with Crippen molar-refractivity contribution in [3.05, 3.63) is 53.4 Å².